The Morgan fingerprint density at radius 1 is 0.533 bits per heavy atom. The van der Waals surface area contributed by atoms with E-state index in [1.165, 1.54) is 5.56 Å². The highest BCUT2D eigenvalue weighted by Crippen LogP contribution is 2.20. The SMILES string of the molecule is CC(C)c1ccc(OO[Si](c2ccccc2)(c2ccccc2)c2ccccc2)cc1. The fourth-order valence-electron chi connectivity index (χ4n) is 3.68. The highest BCUT2D eigenvalue weighted by Gasteiger charge is 2.44. The third-order valence-corrected chi connectivity index (χ3v) is 9.12. The zero-order chi connectivity index (χ0) is 20.8. The van der Waals surface area contributed by atoms with Crippen molar-refractivity contribution in [3.05, 3.63) is 121 Å². The topological polar surface area (TPSA) is 18.5 Å². The maximum absolute atomic E-state index is 6.51. The lowest BCUT2D eigenvalue weighted by molar-refractivity contribution is -0.106. The summed E-state index contributed by atoms with van der Waals surface area (Å²) in [6.07, 6.45) is 0. The second-order valence-corrected chi connectivity index (χ2v) is 10.9. The van der Waals surface area contributed by atoms with E-state index in [-0.39, 0.29) is 0 Å². The van der Waals surface area contributed by atoms with Gasteiger partial charge in [-0.1, -0.05) is 117 Å². The number of rotatable bonds is 7. The number of hydrogen-bond donors (Lipinski definition) is 0. The lowest BCUT2D eigenvalue weighted by Gasteiger charge is -2.31. The van der Waals surface area contributed by atoms with Gasteiger partial charge in [-0.2, -0.15) is 0 Å². The molecule has 0 atom stereocenters. The Balaban J connectivity index is 1.80. The van der Waals surface area contributed by atoms with Gasteiger partial charge in [-0.25, -0.2) is 4.58 Å². The predicted octanol–water partition coefficient (Wildman–Crippen LogP) is 4.79. The smallest absolute Gasteiger partial charge is 0.347 e. The second-order valence-electron chi connectivity index (χ2n) is 7.67. The molecule has 0 radical (unpaired) electrons. The molecule has 0 spiro atoms. The molecule has 0 saturated heterocycles. The molecule has 2 nitrogen and oxygen atoms in total. The number of hydrogen-bond acceptors (Lipinski definition) is 2. The van der Waals surface area contributed by atoms with Crippen LogP contribution in [0.15, 0.2) is 115 Å². The molecule has 0 aromatic heterocycles. The van der Waals surface area contributed by atoms with E-state index in [4.69, 9.17) is 9.46 Å². The van der Waals surface area contributed by atoms with Gasteiger partial charge in [0.2, 0.25) is 0 Å². The van der Waals surface area contributed by atoms with Gasteiger partial charge in [0.25, 0.3) is 0 Å². The van der Waals surface area contributed by atoms with E-state index in [9.17, 15) is 0 Å². The molecule has 4 aromatic rings. The van der Waals surface area contributed by atoms with Crippen LogP contribution in [0.25, 0.3) is 0 Å². The van der Waals surface area contributed by atoms with Crippen molar-refractivity contribution in [2.75, 3.05) is 0 Å². The zero-order valence-electron chi connectivity index (χ0n) is 17.4. The average molecular weight is 411 g/mol. The van der Waals surface area contributed by atoms with E-state index >= 15 is 0 Å². The van der Waals surface area contributed by atoms with Gasteiger partial charge in [0.05, 0.1) is 0 Å². The molecule has 0 saturated carbocycles. The summed E-state index contributed by atoms with van der Waals surface area (Å²) < 4.78 is 6.51. The van der Waals surface area contributed by atoms with Crippen molar-refractivity contribution in [1.82, 2.24) is 0 Å². The van der Waals surface area contributed by atoms with Gasteiger partial charge in [-0.05, 0) is 39.2 Å². The Morgan fingerprint density at radius 3 is 1.30 bits per heavy atom. The van der Waals surface area contributed by atoms with Gasteiger partial charge in [0.15, 0.2) is 5.75 Å². The third-order valence-electron chi connectivity index (χ3n) is 5.35. The molecule has 0 aliphatic rings. The fourth-order valence-corrected chi connectivity index (χ4v) is 7.18. The highest BCUT2D eigenvalue weighted by atomic mass is 28.4. The van der Waals surface area contributed by atoms with Crippen LogP contribution in [0.5, 0.6) is 5.75 Å². The van der Waals surface area contributed by atoms with Gasteiger partial charge >= 0.3 is 8.32 Å². The Morgan fingerprint density at radius 2 is 0.933 bits per heavy atom. The Hall–Kier alpha value is -3.14. The van der Waals surface area contributed by atoms with Crippen molar-refractivity contribution < 1.29 is 9.46 Å². The van der Waals surface area contributed by atoms with E-state index in [1.54, 1.807) is 0 Å². The van der Waals surface area contributed by atoms with Crippen molar-refractivity contribution in [3.63, 3.8) is 0 Å². The molecular formula is C27H26O2Si. The van der Waals surface area contributed by atoms with Crippen molar-refractivity contribution in [1.29, 1.82) is 0 Å². The van der Waals surface area contributed by atoms with Crippen LogP contribution >= 0.6 is 0 Å². The van der Waals surface area contributed by atoms with Crippen LogP contribution in [0.2, 0.25) is 0 Å². The molecule has 0 aliphatic heterocycles. The minimum Gasteiger partial charge on any atom is -0.348 e. The zero-order valence-corrected chi connectivity index (χ0v) is 18.4. The van der Waals surface area contributed by atoms with E-state index in [2.05, 4.69) is 98.8 Å². The van der Waals surface area contributed by atoms with Crippen LogP contribution in [0.1, 0.15) is 25.3 Å². The monoisotopic (exact) mass is 410 g/mol. The summed E-state index contributed by atoms with van der Waals surface area (Å²) >= 11 is 0. The Kier molecular flexibility index (Phi) is 6.12. The van der Waals surface area contributed by atoms with E-state index in [1.807, 2.05) is 30.3 Å². The molecule has 0 heterocycles. The first-order valence-corrected chi connectivity index (χ1v) is 12.2. The first kappa shape index (κ1) is 20.1. The molecule has 4 rings (SSSR count). The lowest BCUT2D eigenvalue weighted by Crippen LogP contribution is -2.69. The molecule has 30 heavy (non-hydrogen) atoms. The van der Waals surface area contributed by atoms with Crippen LogP contribution in [0.4, 0.5) is 0 Å². The summed E-state index contributed by atoms with van der Waals surface area (Å²) in [7, 11) is -2.86. The van der Waals surface area contributed by atoms with Crippen LogP contribution in [-0.2, 0) is 4.58 Å². The summed E-state index contributed by atoms with van der Waals surface area (Å²) in [5, 5.41) is 3.42. The predicted molar refractivity (Wildman–Crippen MR) is 126 cm³/mol. The summed E-state index contributed by atoms with van der Waals surface area (Å²) in [6, 6.07) is 39.4. The van der Waals surface area contributed by atoms with Crippen molar-refractivity contribution in [2.24, 2.45) is 0 Å². The lowest BCUT2D eigenvalue weighted by atomic mass is 10.0. The molecule has 0 N–H and O–H groups in total. The standard InChI is InChI=1S/C27H26O2Si/c1-22(2)23-18-20-24(21-19-23)28-29-30(25-12-6-3-7-13-25,26-14-8-4-9-15-26)27-16-10-5-11-17-27/h3-22H,1-2H3. The van der Waals surface area contributed by atoms with Gasteiger partial charge in [-0.3, -0.25) is 0 Å². The minimum atomic E-state index is -2.86. The van der Waals surface area contributed by atoms with Gasteiger partial charge in [-0.15, -0.1) is 0 Å². The van der Waals surface area contributed by atoms with E-state index in [0.717, 1.165) is 15.6 Å². The van der Waals surface area contributed by atoms with Gasteiger partial charge in [0.1, 0.15) is 0 Å². The van der Waals surface area contributed by atoms with Crippen LogP contribution in [0.3, 0.4) is 0 Å². The molecule has 0 aliphatic carbocycles. The maximum atomic E-state index is 6.51. The normalized spacial score (nSPS) is 11.4. The summed E-state index contributed by atoms with van der Waals surface area (Å²) in [5.74, 6) is 1.19. The van der Waals surface area contributed by atoms with Crippen LogP contribution < -0.4 is 20.4 Å². The largest absolute Gasteiger partial charge is 0.348 e. The van der Waals surface area contributed by atoms with Gasteiger partial charge in [0, 0.05) is 0 Å². The van der Waals surface area contributed by atoms with Crippen molar-refractivity contribution >= 4 is 23.9 Å². The molecule has 0 bridgehead atoms. The fraction of sp³-hybridized carbons (Fsp3) is 0.111. The second kappa shape index (κ2) is 9.12. The van der Waals surface area contributed by atoms with Crippen molar-refractivity contribution in [2.45, 2.75) is 19.8 Å². The van der Waals surface area contributed by atoms with E-state index < -0.39 is 8.32 Å². The first-order valence-electron chi connectivity index (χ1n) is 10.3. The molecule has 3 heteroatoms. The molecule has 4 aromatic carbocycles. The highest BCUT2D eigenvalue weighted by molar-refractivity contribution is 7.07. The molecule has 0 fully saturated rings. The van der Waals surface area contributed by atoms with Crippen molar-refractivity contribution in [3.8, 4) is 5.75 Å². The van der Waals surface area contributed by atoms with Gasteiger partial charge < -0.3 is 4.89 Å². The third kappa shape index (κ3) is 4.08. The summed E-state index contributed by atoms with van der Waals surface area (Å²) in [5.41, 5.74) is 1.28. The maximum Gasteiger partial charge on any atom is 0.347 e. The minimum absolute atomic E-state index is 0.478. The summed E-state index contributed by atoms with van der Waals surface area (Å²) in [6.45, 7) is 4.37. The molecule has 0 unspecified atom stereocenters. The number of benzene rings is 4. The average Bonchev–Trinajstić information content (AvgIpc) is 2.82. The molecular weight excluding hydrogens is 384 g/mol. The van der Waals surface area contributed by atoms with E-state index in [0.29, 0.717) is 11.7 Å². The molecule has 0 amide bonds. The first-order chi connectivity index (χ1) is 14.7. The van der Waals surface area contributed by atoms with Crippen LogP contribution in [-0.4, -0.2) is 8.32 Å². The Bertz CT molecular complexity index is 950. The molecule has 150 valence electrons. The van der Waals surface area contributed by atoms with Crippen LogP contribution in [0, 0.1) is 0 Å². The Labute approximate surface area is 179 Å². The quantitative estimate of drug-likeness (QED) is 0.189. The summed E-state index contributed by atoms with van der Waals surface area (Å²) in [4.78, 5) is 6.03.